The molecule has 0 aromatic carbocycles. The highest BCUT2D eigenvalue weighted by molar-refractivity contribution is 5.96. The lowest BCUT2D eigenvalue weighted by molar-refractivity contribution is -0.141. The van der Waals surface area contributed by atoms with E-state index in [0.717, 1.165) is 0 Å². The Bertz CT molecular complexity index is 383. The van der Waals surface area contributed by atoms with E-state index < -0.39 is 5.97 Å². The molecule has 1 aromatic heterocycles. The zero-order valence-corrected chi connectivity index (χ0v) is 9.65. The number of amides is 1. The summed E-state index contributed by atoms with van der Waals surface area (Å²) in [6, 6.07) is 1.61. The van der Waals surface area contributed by atoms with Crippen LogP contribution in [-0.2, 0) is 16.0 Å². The number of methoxy groups -OCH3 is 1. The number of furan rings is 1. The van der Waals surface area contributed by atoms with E-state index >= 15 is 0 Å². The molecular formula is C11H15NO4. The Balaban J connectivity index is 2.74. The molecule has 0 radical (unpaired) electrons. The summed E-state index contributed by atoms with van der Waals surface area (Å²) in [6.07, 6.45) is 2.11. The van der Waals surface area contributed by atoms with Gasteiger partial charge in [0.05, 0.1) is 18.9 Å². The van der Waals surface area contributed by atoms with Crippen molar-refractivity contribution >= 4 is 11.9 Å². The van der Waals surface area contributed by atoms with Gasteiger partial charge in [-0.2, -0.15) is 0 Å². The van der Waals surface area contributed by atoms with Gasteiger partial charge in [-0.05, 0) is 6.07 Å². The molecule has 1 amide bonds. The molecule has 0 fully saturated rings. The predicted molar refractivity (Wildman–Crippen MR) is 57.1 cm³/mol. The van der Waals surface area contributed by atoms with E-state index in [2.05, 4.69) is 4.74 Å². The maximum Gasteiger partial charge on any atom is 0.325 e. The number of rotatable bonds is 4. The Labute approximate surface area is 94.0 Å². The van der Waals surface area contributed by atoms with E-state index in [1.807, 2.05) is 6.92 Å². The molecule has 1 aromatic rings. The monoisotopic (exact) mass is 225 g/mol. The molecule has 0 aliphatic heterocycles. The van der Waals surface area contributed by atoms with Crippen LogP contribution in [0, 0.1) is 0 Å². The number of aryl methyl sites for hydroxylation is 1. The topological polar surface area (TPSA) is 59.8 Å². The number of ether oxygens (including phenoxy) is 1. The Morgan fingerprint density at radius 2 is 2.19 bits per heavy atom. The Morgan fingerprint density at radius 3 is 2.75 bits per heavy atom. The summed E-state index contributed by atoms with van der Waals surface area (Å²) in [6.45, 7) is 1.83. The fraction of sp³-hybridized carbons (Fsp3) is 0.455. The Morgan fingerprint density at radius 1 is 1.50 bits per heavy atom. The number of carbonyl (C=O) groups is 2. The number of likely N-dealkylation sites (N-methyl/N-ethyl adjacent to an activating group) is 1. The van der Waals surface area contributed by atoms with Gasteiger partial charge in [0.2, 0.25) is 0 Å². The SMILES string of the molecule is CCc1occc1C(=O)N(C)CC(=O)OC. The summed E-state index contributed by atoms with van der Waals surface area (Å²) in [5.41, 5.74) is 0.494. The molecule has 1 heterocycles. The van der Waals surface area contributed by atoms with Crippen molar-refractivity contribution in [1.29, 1.82) is 0 Å². The molecule has 88 valence electrons. The largest absolute Gasteiger partial charge is 0.469 e. The summed E-state index contributed by atoms with van der Waals surface area (Å²) < 4.78 is 9.64. The highest BCUT2D eigenvalue weighted by atomic mass is 16.5. The van der Waals surface area contributed by atoms with Crippen LogP contribution in [0.15, 0.2) is 16.7 Å². The standard InChI is InChI=1S/C11H15NO4/c1-4-9-8(5-6-16-9)11(14)12(2)7-10(13)15-3/h5-6H,4,7H2,1-3H3. The van der Waals surface area contributed by atoms with Crippen molar-refractivity contribution < 1.29 is 18.7 Å². The third-order valence-corrected chi connectivity index (χ3v) is 2.24. The lowest BCUT2D eigenvalue weighted by atomic mass is 10.2. The number of hydrogen-bond acceptors (Lipinski definition) is 4. The third kappa shape index (κ3) is 2.62. The van der Waals surface area contributed by atoms with Crippen LogP contribution in [0.4, 0.5) is 0 Å². The molecule has 5 nitrogen and oxygen atoms in total. The van der Waals surface area contributed by atoms with Crippen molar-refractivity contribution in [3.8, 4) is 0 Å². The first kappa shape index (κ1) is 12.3. The molecule has 0 unspecified atom stereocenters. The molecule has 0 saturated heterocycles. The minimum Gasteiger partial charge on any atom is -0.469 e. The maximum absolute atomic E-state index is 11.9. The first-order chi connectivity index (χ1) is 7.60. The van der Waals surface area contributed by atoms with Crippen LogP contribution >= 0.6 is 0 Å². The van der Waals surface area contributed by atoms with Gasteiger partial charge in [0.15, 0.2) is 0 Å². The van der Waals surface area contributed by atoms with Gasteiger partial charge < -0.3 is 14.1 Å². The van der Waals surface area contributed by atoms with E-state index in [1.165, 1.54) is 18.3 Å². The second kappa shape index (κ2) is 5.34. The second-order valence-electron chi connectivity index (χ2n) is 3.35. The summed E-state index contributed by atoms with van der Waals surface area (Å²) in [5.74, 6) is -0.0601. The highest BCUT2D eigenvalue weighted by Crippen LogP contribution is 2.13. The highest BCUT2D eigenvalue weighted by Gasteiger charge is 2.19. The molecule has 5 heteroatoms. The molecule has 1 rings (SSSR count). The predicted octanol–water partition coefficient (Wildman–Crippen LogP) is 1.09. The normalized spacial score (nSPS) is 9.94. The molecule has 0 aliphatic carbocycles. The van der Waals surface area contributed by atoms with Gasteiger partial charge in [0, 0.05) is 13.5 Å². The van der Waals surface area contributed by atoms with Crippen molar-refractivity contribution in [3.05, 3.63) is 23.7 Å². The first-order valence-electron chi connectivity index (χ1n) is 4.98. The molecule has 16 heavy (non-hydrogen) atoms. The van der Waals surface area contributed by atoms with Crippen molar-refractivity contribution in [2.24, 2.45) is 0 Å². The minimum absolute atomic E-state index is 0.0658. The van der Waals surface area contributed by atoms with Gasteiger partial charge in [-0.1, -0.05) is 6.92 Å². The Hall–Kier alpha value is -1.78. The van der Waals surface area contributed by atoms with Crippen LogP contribution in [0.3, 0.4) is 0 Å². The number of nitrogens with zero attached hydrogens (tertiary/aromatic N) is 1. The van der Waals surface area contributed by atoms with Crippen molar-refractivity contribution in [2.75, 3.05) is 20.7 Å². The van der Waals surface area contributed by atoms with Crippen LogP contribution < -0.4 is 0 Å². The summed E-state index contributed by atoms with van der Waals surface area (Å²) in [7, 11) is 2.83. The molecule has 0 aliphatic rings. The average Bonchev–Trinajstić information content (AvgIpc) is 2.75. The summed E-state index contributed by atoms with van der Waals surface area (Å²) in [5, 5.41) is 0. The quantitative estimate of drug-likeness (QED) is 0.719. The molecular weight excluding hydrogens is 210 g/mol. The van der Waals surface area contributed by atoms with Crippen LogP contribution in [0.25, 0.3) is 0 Å². The second-order valence-corrected chi connectivity index (χ2v) is 3.35. The molecule has 0 saturated carbocycles. The van der Waals surface area contributed by atoms with Gasteiger partial charge in [0.25, 0.3) is 5.91 Å². The van der Waals surface area contributed by atoms with Crippen LogP contribution in [0.2, 0.25) is 0 Å². The number of esters is 1. The van der Waals surface area contributed by atoms with Crippen molar-refractivity contribution in [3.63, 3.8) is 0 Å². The van der Waals surface area contributed by atoms with Crippen LogP contribution in [0.1, 0.15) is 23.0 Å². The van der Waals surface area contributed by atoms with Crippen LogP contribution in [-0.4, -0.2) is 37.5 Å². The molecule has 0 atom stereocenters. The smallest absolute Gasteiger partial charge is 0.325 e. The van der Waals surface area contributed by atoms with E-state index in [-0.39, 0.29) is 12.5 Å². The molecule has 0 spiro atoms. The van der Waals surface area contributed by atoms with E-state index in [4.69, 9.17) is 4.42 Å². The zero-order valence-electron chi connectivity index (χ0n) is 9.65. The van der Waals surface area contributed by atoms with Crippen molar-refractivity contribution in [2.45, 2.75) is 13.3 Å². The minimum atomic E-state index is -0.447. The van der Waals surface area contributed by atoms with E-state index in [1.54, 1.807) is 13.1 Å². The fourth-order valence-corrected chi connectivity index (χ4v) is 1.34. The maximum atomic E-state index is 11.9. The number of hydrogen-bond donors (Lipinski definition) is 0. The zero-order chi connectivity index (χ0) is 12.1. The lowest BCUT2D eigenvalue weighted by Crippen LogP contribution is -2.32. The summed E-state index contributed by atoms with van der Waals surface area (Å²) >= 11 is 0. The summed E-state index contributed by atoms with van der Waals surface area (Å²) in [4.78, 5) is 24.2. The van der Waals surface area contributed by atoms with E-state index in [0.29, 0.717) is 17.7 Å². The average molecular weight is 225 g/mol. The molecule has 0 bridgehead atoms. The fourth-order valence-electron chi connectivity index (χ4n) is 1.34. The van der Waals surface area contributed by atoms with Crippen LogP contribution in [0.5, 0.6) is 0 Å². The third-order valence-electron chi connectivity index (χ3n) is 2.24. The van der Waals surface area contributed by atoms with Gasteiger partial charge in [-0.15, -0.1) is 0 Å². The van der Waals surface area contributed by atoms with Crippen molar-refractivity contribution in [1.82, 2.24) is 4.90 Å². The lowest BCUT2D eigenvalue weighted by Gasteiger charge is -2.15. The van der Waals surface area contributed by atoms with Gasteiger partial charge in [0.1, 0.15) is 12.3 Å². The van der Waals surface area contributed by atoms with E-state index in [9.17, 15) is 9.59 Å². The van der Waals surface area contributed by atoms with Gasteiger partial charge >= 0.3 is 5.97 Å². The number of carbonyl (C=O) groups excluding carboxylic acids is 2. The Kier molecular flexibility index (Phi) is 4.10. The van der Waals surface area contributed by atoms with Gasteiger partial charge in [-0.25, -0.2) is 0 Å². The van der Waals surface area contributed by atoms with Gasteiger partial charge in [-0.3, -0.25) is 9.59 Å². The molecule has 0 N–H and O–H groups in total. The first-order valence-corrected chi connectivity index (χ1v) is 4.98.